The van der Waals surface area contributed by atoms with Gasteiger partial charge in [0.15, 0.2) is 9.84 Å². The van der Waals surface area contributed by atoms with Crippen LogP contribution in [0.1, 0.15) is 23.7 Å². The van der Waals surface area contributed by atoms with E-state index in [2.05, 4.69) is 0 Å². The lowest BCUT2D eigenvalue weighted by Crippen LogP contribution is -2.49. The molecule has 2 aromatic rings. The van der Waals surface area contributed by atoms with Crippen LogP contribution in [0.4, 0.5) is 11.4 Å². The summed E-state index contributed by atoms with van der Waals surface area (Å²) in [6, 6.07) is 12.7. The molecule has 9 heteroatoms. The number of anilines is 1. The number of amides is 1. The summed E-state index contributed by atoms with van der Waals surface area (Å²) in [4.78, 5) is 27.1. The molecule has 1 aliphatic rings. The van der Waals surface area contributed by atoms with Crippen molar-refractivity contribution in [2.24, 2.45) is 0 Å². The molecule has 0 radical (unpaired) electrons. The number of nitro groups is 1. The molecule has 0 N–H and O–H groups in total. The third kappa shape index (κ3) is 4.56. The van der Waals surface area contributed by atoms with Gasteiger partial charge in [0.25, 0.3) is 11.6 Å². The van der Waals surface area contributed by atoms with Gasteiger partial charge in [0, 0.05) is 44.0 Å². The molecule has 0 aliphatic carbocycles. The summed E-state index contributed by atoms with van der Waals surface area (Å²) in [6.07, 6.45) is 0.485. The summed E-state index contributed by atoms with van der Waals surface area (Å²) in [7, 11) is -3.50. The minimum absolute atomic E-state index is 0.00517. The zero-order valence-electron chi connectivity index (χ0n) is 16.2. The average molecular weight is 417 g/mol. The van der Waals surface area contributed by atoms with Crippen LogP contribution in [0, 0.1) is 10.1 Å². The van der Waals surface area contributed by atoms with Gasteiger partial charge in [-0.15, -0.1) is 0 Å². The van der Waals surface area contributed by atoms with Crippen molar-refractivity contribution >= 4 is 27.1 Å². The van der Waals surface area contributed by atoms with E-state index < -0.39 is 14.8 Å². The number of carbonyl (C=O) groups excluding carboxylic acids is 1. The molecule has 1 saturated heterocycles. The molecule has 3 rings (SSSR count). The minimum atomic E-state index is -3.50. The second-order valence-electron chi connectivity index (χ2n) is 6.87. The van der Waals surface area contributed by atoms with E-state index in [0.29, 0.717) is 32.6 Å². The minimum Gasteiger partial charge on any atom is -0.368 e. The van der Waals surface area contributed by atoms with E-state index in [9.17, 15) is 23.3 Å². The molecule has 0 aromatic heterocycles. The molecule has 154 valence electrons. The molecule has 2 aromatic carbocycles. The van der Waals surface area contributed by atoms with Crippen LogP contribution in [-0.4, -0.2) is 56.1 Å². The highest BCUT2D eigenvalue weighted by atomic mass is 32.2. The molecule has 1 fully saturated rings. The number of non-ortho nitro benzene ring substituents is 1. The van der Waals surface area contributed by atoms with Crippen molar-refractivity contribution in [1.29, 1.82) is 0 Å². The molecule has 1 aliphatic heterocycles. The van der Waals surface area contributed by atoms with Crippen molar-refractivity contribution < 1.29 is 18.1 Å². The Hall–Kier alpha value is -2.94. The summed E-state index contributed by atoms with van der Waals surface area (Å²) in [5, 5.41) is 10.8. The number of nitrogens with zero attached hydrogens (tertiary/aromatic N) is 3. The lowest BCUT2D eigenvalue weighted by Gasteiger charge is -2.36. The molecule has 0 atom stereocenters. The van der Waals surface area contributed by atoms with Crippen molar-refractivity contribution in [3.8, 4) is 0 Å². The van der Waals surface area contributed by atoms with Crippen LogP contribution in [0.3, 0.4) is 0 Å². The highest BCUT2D eigenvalue weighted by molar-refractivity contribution is 7.91. The predicted octanol–water partition coefficient (Wildman–Crippen LogP) is 2.74. The molecule has 8 nitrogen and oxygen atoms in total. The van der Waals surface area contributed by atoms with Gasteiger partial charge in [0.2, 0.25) is 0 Å². The van der Waals surface area contributed by atoms with Gasteiger partial charge in [-0.3, -0.25) is 14.9 Å². The van der Waals surface area contributed by atoms with Crippen LogP contribution in [0.25, 0.3) is 0 Å². The second kappa shape index (κ2) is 8.60. The van der Waals surface area contributed by atoms with E-state index >= 15 is 0 Å². The number of hydrogen-bond acceptors (Lipinski definition) is 6. The Balaban J connectivity index is 1.72. The van der Waals surface area contributed by atoms with E-state index in [1.54, 1.807) is 42.2 Å². The Bertz CT molecular complexity index is 997. The van der Waals surface area contributed by atoms with E-state index in [0.717, 1.165) is 5.69 Å². The molecule has 0 spiro atoms. The van der Waals surface area contributed by atoms with Crippen molar-refractivity contribution in [3.05, 3.63) is 64.2 Å². The van der Waals surface area contributed by atoms with Crippen LogP contribution in [0.15, 0.2) is 53.4 Å². The molecular weight excluding hydrogens is 394 g/mol. The second-order valence-corrected chi connectivity index (χ2v) is 8.95. The number of sulfone groups is 1. The molecule has 1 heterocycles. The summed E-state index contributed by atoms with van der Waals surface area (Å²) >= 11 is 0. The van der Waals surface area contributed by atoms with Crippen molar-refractivity contribution in [1.82, 2.24) is 4.90 Å². The first-order valence-corrected chi connectivity index (χ1v) is 11.1. The lowest BCUT2D eigenvalue weighted by atomic mass is 10.1. The Morgan fingerprint density at radius 2 is 1.66 bits per heavy atom. The Morgan fingerprint density at radius 1 is 1.03 bits per heavy atom. The maximum Gasteiger partial charge on any atom is 0.269 e. The molecule has 0 bridgehead atoms. The number of hydrogen-bond donors (Lipinski definition) is 0. The van der Waals surface area contributed by atoms with Gasteiger partial charge in [0.1, 0.15) is 0 Å². The normalized spacial score (nSPS) is 14.7. The first kappa shape index (κ1) is 20.8. The molecular formula is C20H23N3O5S. The summed E-state index contributed by atoms with van der Waals surface area (Å²) < 4.78 is 25.1. The largest absolute Gasteiger partial charge is 0.368 e. The first-order valence-electron chi connectivity index (χ1n) is 9.44. The van der Waals surface area contributed by atoms with Gasteiger partial charge in [0.05, 0.1) is 21.1 Å². The van der Waals surface area contributed by atoms with Gasteiger partial charge in [-0.2, -0.15) is 0 Å². The Kier molecular flexibility index (Phi) is 6.17. The quantitative estimate of drug-likeness (QED) is 0.529. The van der Waals surface area contributed by atoms with Crippen LogP contribution < -0.4 is 4.90 Å². The van der Waals surface area contributed by atoms with Gasteiger partial charge < -0.3 is 9.80 Å². The SMILES string of the molecule is CCCS(=O)(=O)c1ccccc1C(=O)N1CCN(c2ccc([N+](=O)[O-])cc2)CC1. The van der Waals surface area contributed by atoms with Crippen LogP contribution in [-0.2, 0) is 9.84 Å². The van der Waals surface area contributed by atoms with E-state index in [1.807, 2.05) is 4.90 Å². The fourth-order valence-electron chi connectivity index (χ4n) is 3.42. The lowest BCUT2D eigenvalue weighted by molar-refractivity contribution is -0.384. The topological polar surface area (TPSA) is 101 Å². The summed E-state index contributed by atoms with van der Waals surface area (Å²) in [6.45, 7) is 3.80. The van der Waals surface area contributed by atoms with Gasteiger partial charge in [-0.05, 0) is 30.7 Å². The van der Waals surface area contributed by atoms with Gasteiger partial charge >= 0.3 is 0 Å². The fourth-order valence-corrected chi connectivity index (χ4v) is 4.95. The standard InChI is InChI=1S/C20H23N3O5S/c1-2-15-29(27,28)19-6-4-3-5-18(19)20(24)22-13-11-21(12-14-22)16-7-9-17(10-8-16)23(25)26/h3-10H,2,11-15H2,1H3. The predicted molar refractivity (Wildman–Crippen MR) is 110 cm³/mol. The number of piperazine rings is 1. The fraction of sp³-hybridized carbons (Fsp3) is 0.350. The smallest absolute Gasteiger partial charge is 0.269 e. The van der Waals surface area contributed by atoms with E-state index in [4.69, 9.17) is 0 Å². The number of carbonyl (C=O) groups is 1. The highest BCUT2D eigenvalue weighted by Gasteiger charge is 2.27. The van der Waals surface area contributed by atoms with E-state index in [1.165, 1.54) is 18.2 Å². The maximum absolute atomic E-state index is 13.0. The average Bonchev–Trinajstić information content (AvgIpc) is 2.73. The molecule has 0 unspecified atom stereocenters. The van der Waals surface area contributed by atoms with Crippen molar-refractivity contribution in [2.75, 3.05) is 36.8 Å². The van der Waals surface area contributed by atoms with Gasteiger partial charge in [-0.25, -0.2) is 8.42 Å². The number of benzene rings is 2. The molecule has 29 heavy (non-hydrogen) atoms. The van der Waals surface area contributed by atoms with Crippen LogP contribution >= 0.6 is 0 Å². The first-order chi connectivity index (χ1) is 13.8. The maximum atomic E-state index is 13.0. The highest BCUT2D eigenvalue weighted by Crippen LogP contribution is 2.23. The van der Waals surface area contributed by atoms with Crippen molar-refractivity contribution in [3.63, 3.8) is 0 Å². The molecule has 0 saturated carbocycles. The number of nitro benzene ring substituents is 1. The molecule has 1 amide bonds. The third-order valence-corrected chi connectivity index (χ3v) is 6.89. The zero-order chi connectivity index (χ0) is 21.0. The monoisotopic (exact) mass is 417 g/mol. The number of rotatable bonds is 6. The Labute approximate surface area is 169 Å². The van der Waals surface area contributed by atoms with Crippen LogP contribution in [0.5, 0.6) is 0 Å². The van der Waals surface area contributed by atoms with Gasteiger partial charge in [-0.1, -0.05) is 19.1 Å². The Morgan fingerprint density at radius 3 is 2.24 bits per heavy atom. The third-order valence-electron chi connectivity index (χ3n) is 4.92. The van der Waals surface area contributed by atoms with Crippen molar-refractivity contribution in [2.45, 2.75) is 18.2 Å². The van der Waals surface area contributed by atoms with E-state index in [-0.39, 0.29) is 27.8 Å². The zero-order valence-corrected chi connectivity index (χ0v) is 17.0. The summed E-state index contributed by atoms with van der Waals surface area (Å²) in [5.41, 5.74) is 1.10. The van der Waals surface area contributed by atoms with Crippen LogP contribution in [0.2, 0.25) is 0 Å². The summed E-state index contributed by atoms with van der Waals surface area (Å²) in [5.74, 6) is -0.283.